The topological polar surface area (TPSA) is 78.4 Å². The van der Waals surface area contributed by atoms with Gasteiger partial charge < -0.3 is 15.7 Å². The first-order valence-electron chi connectivity index (χ1n) is 7.41. The molecule has 0 radical (unpaired) electrons. The van der Waals surface area contributed by atoms with Crippen molar-refractivity contribution < 1.29 is 14.7 Å². The lowest BCUT2D eigenvalue weighted by Crippen LogP contribution is -2.39. The minimum Gasteiger partial charge on any atom is -0.394 e. The molecule has 5 heteroatoms. The highest BCUT2D eigenvalue weighted by atomic mass is 16.3. The molecule has 0 aromatic heterocycles. The maximum atomic E-state index is 12.1. The molecule has 2 aromatic carbocycles. The number of amides is 2. The minimum absolute atomic E-state index is 0.142. The zero-order valence-electron chi connectivity index (χ0n) is 13.0. The molecule has 120 valence electrons. The summed E-state index contributed by atoms with van der Waals surface area (Å²) in [7, 11) is 0. The molecule has 0 fully saturated rings. The van der Waals surface area contributed by atoms with Crippen LogP contribution in [0.3, 0.4) is 0 Å². The first-order valence-corrected chi connectivity index (χ1v) is 7.41. The van der Waals surface area contributed by atoms with E-state index >= 15 is 0 Å². The summed E-state index contributed by atoms with van der Waals surface area (Å²) in [6.07, 6.45) is 0. The van der Waals surface area contributed by atoms with E-state index in [2.05, 4.69) is 10.6 Å². The summed E-state index contributed by atoms with van der Waals surface area (Å²) in [6, 6.07) is 15.9. The predicted molar refractivity (Wildman–Crippen MR) is 87.9 cm³/mol. The van der Waals surface area contributed by atoms with Crippen LogP contribution in [0.15, 0.2) is 54.6 Å². The number of aliphatic hydroxyl groups is 1. The van der Waals surface area contributed by atoms with Gasteiger partial charge in [0.05, 0.1) is 19.2 Å². The number of hydrogen-bond donors (Lipinski definition) is 3. The van der Waals surface area contributed by atoms with Crippen molar-refractivity contribution in [2.24, 2.45) is 0 Å². The quantitative estimate of drug-likeness (QED) is 0.758. The fraction of sp³-hybridized carbons (Fsp3) is 0.222. The van der Waals surface area contributed by atoms with E-state index in [1.54, 1.807) is 12.1 Å². The Kier molecular flexibility index (Phi) is 5.88. The van der Waals surface area contributed by atoms with Crippen molar-refractivity contribution in [1.82, 2.24) is 10.6 Å². The molecule has 5 nitrogen and oxygen atoms in total. The van der Waals surface area contributed by atoms with Gasteiger partial charge in [-0.15, -0.1) is 0 Å². The molecule has 0 heterocycles. The fourth-order valence-electron chi connectivity index (χ4n) is 2.25. The molecule has 0 bridgehead atoms. The number of carbonyl (C=O) groups is 2. The Bertz CT molecular complexity index is 671. The molecular weight excluding hydrogens is 292 g/mol. The van der Waals surface area contributed by atoms with Gasteiger partial charge in [0.15, 0.2) is 0 Å². The van der Waals surface area contributed by atoms with Crippen molar-refractivity contribution in [2.75, 3.05) is 13.2 Å². The highest BCUT2D eigenvalue weighted by molar-refractivity contribution is 5.97. The lowest BCUT2D eigenvalue weighted by atomic mass is 10.1. The zero-order chi connectivity index (χ0) is 16.7. The largest absolute Gasteiger partial charge is 0.394 e. The molecule has 0 saturated heterocycles. The number of carbonyl (C=O) groups excluding carboxylic acids is 2. The molecule has 2 amide bonds. The van der Waals surface area contributed by atoms with Crippen LogP contribution < -0.4 is 10.6 Å². The van der Waals surface area contributed by atoms with Crippen LogP contribution in [0.4, 0.5) is 0 Å². The highest BCUT2D eigenvalue weighted by Gasteiger charge is 2.14. The van der Waals surface area contributed by atoms with Crippen LogP contribution in [0.2, 0.25) is 0 Å². The molecule has 0 aliphatic heterocycles. The van der Waals surface area contributed by atoms with E-state index in [1.807, 2.05) is 49.4 Å². The van der Waals surface area contributed by atoms with Gasteiger partial charge in [-0.1, -0.05) is 48.5 Å². The molecule has 0 aliphatic carbocycles. The Balaban J connectivity index is 1.90. The number of hydrogen-bond acceptors (Lipinski definition) is 3. The van der Waals surface area contributed by atoms with Crippen LogP contribution in [0, 0.1) is 6.92 Å². The molecule has 23 heavy (non-hydrogen) atoms. The predicted octanol–water partition coefficient (Wildman–Crippen LogP) is 1.57. The van der Waals surface area contributed by atoms with Crippen LogP contribution in [0.25, 0.3) is 0 Å². The van der Waals surface area contributed by atoms with Gasteiger partial charge in [-0.05, 0) is 24.1 Å². The van der Waals surface area contributed by atoms with Crippen molar-refractivity contribution >= 4 is 11.8 Å². The fourth-order valence-corrected chi connectivity index (χ4v) is 2.25. The first-order chi connectivity index (χ1) is 11.1. The summed E-state index contributed by atoms with van der Waals surface area (Å²) in [6.45, 7) is 1.49. The van der Waals surface area contributed by atoms with Crippen molar-refractivity contribution in [3.8, 4) is 0 Å². The van der Waals surface area contributed by atoms with Crippen LogP contribution >= 0.6 is 0 Å². The molecule has 1 atom stereocenters. The standard InChI is InChI=1S/C18H20N2O3/c1-13-7-5-6-10-15(13)18(23)19-11-17(22)20-16(12-21)14-8-3-2-4-9-14/h2-10,16,21H,11-12H2,1H3,(H,19,23)(H,20,22)/t16-/m1/s1. The van der Waals surface area contributed by atoms with Gasteiger partial charge >= 0.3 is 0 Å². The number of rotatable bonds is 6. The lowest BCUT2D eigenvalue weighted by molar-refractivity contribution is -0.121. The summed E-state index contributed by atoms with van der Waals surface area (Å²) in [5, 5.41) is 14.7. The van der Waals surface area contributed by atoms with Crippen molar-refractivity contribution in [2.45, 2.75) is 13.0 Å². The molecule has 0 aliphatic rings. The van der Waals surface area contributed by atoms with Gasteiger partial charge in [0.2, 0.25) is 5.91 Å². The monoisotopic (exact) mass is 312 g/mol. The lowest BCUT2D eigenvalue weighted by Gasteiger charge is -2.17. The third-order valence-electron chi connectivity index (χ3n) is 3.52. The first kappa shape index (κ1) is 16.7. The second-order valence-electron chi connectivity index (χ2n) is 5.21. The zero-order valence-corrected chi connectivity index (χ0v) is 13.0. The van der Waals surface area contributed by atoms with Crippen molar-refractivity contribution in [1.29, 1.82) is 0 Å². The molecule has 2 rings (SSSR count). The van der Waals surface area contributed by atoms with E-state index in [9.17, 15) is 14.7 Å². The Morgan fingerprint density at radius 3 is 2.35 bits per heavy atom. The average Bonchev–Trinajstić information content (AvgIpc) is 2.58. The van der Waals surface area contributed by atoms with E-state index in [0.29, 0.717) is 5.56 Å². The van der Waals surface area contributed by atoms with Crippen LogP contribution in [-0.4, -0.2) is 30.1 Å². The Morgan fingerprint density at radius 1 is 1.04 bits per heavy atom. The second-order valence-corrected chi connectivity index (χ2v) is 5.21. The SMILES string of the molecule is Cc1ccccc1C(=O)NCC(=O)N[C@H](CO)c1ccccc1. The van der Waals surface area contributed by atoms with Gasteiger partial charge in [-0.2, -0.15) is 0 Å². The van der Waals surface area contributed by atoms with Crippen LogP contribution in [0.1, 0.15) is 27.5 Å². The number of aliphatic hydroxyl groups excluding tert-OH is 1. The normalized spacial score (nSPS) is 11.6. The van der Waals surface area contributed by atoms with E-state index in [0.717, 1.165) is 11.1 Å². The van der Waals surface area contributed by atoms with Crippen molar-refractivity contribution in [3.05, 3.63) is 71.3 Å². The van der Waals surface area contributed by atoms with Gasteiger partial charge in [-0.3, -0.25) is 9.59 Å². The highest BCUT2D eigenvalue weighted by Crippen LogP contribution is 2.11. The van der Waals surface area contributed by atoms with Crippen LogP contribution in [-0.2, 0) is 4.79 Å². The summed E-state index contributed by atoms with van der Waals surface area (Å²) in [5.41, 5.74) is 2.21. The summed E-state index contributed by atoms with van der Waals surface area (Å²) < 4.78 is 0. The molecule has 0 spiro atoms. The van der Waals surface area contributed by atoms with Crippen molar-refractivity contribution in [3.63, 3.8) is 0 Å². The number of nitrogens with one attached hydrogen (secondary N) is 2. The third-order valence-corrected chi connectivity index (χ3v) is 3.52. The average molecular weight is 312 g/mol. The Morgan fingerprint density at radius 2 is 1.70 bits per heavy atom. The van der Waals surface area contributed by atoms with E-state index in [4.69, 9.17) is 0 Å². The molecule has 0 unspecified atom stereocenters. The van der Waals surface area contributed by atoms with Gasteiger partial charge in [-0.25, -0.2) is 0 Å². The van der Waals surface area contributed by atoms with Gasteiger partial charge in [0.25, 0.3) is 5.91 Å². The van der Waals surface area contributed by atoms with E-state index in [1.165, 1.54) is 0 Å². The molecule has 3 N–H and O–H groups in total. The second kappa shape index (κ2) is 8.10. The molecule has 0 saturated carbocycles. The van der Waals surface area contributed by atoms with Crippen LogP contribution in [0.5, 0.6) is 0 Å². The summed E-state index contributed by atoms with van der Waals surface area (Å²) in [5.74, 6) is -0.645. The third kappa shape index (κ3) is 4.66. The van der Waals surface area contributed by atoms with Gasteiger partial charge in [0, 0.05) is 5.56 Å². The molecular formula is C18H20N2O3. The summed E-state index contributed by atoms with van der Waals surface area (Å²) in [4.78, 5) is 24.0. The number of benzene rings is 2. The smallest absolute Gasteiger partial charge is 0.251 e. The summed E-state index contributed by atoms with van der Waals surface area (Å²) >= 11 is 0. The minimum atomic E-state index is -0.487. The Hall–Kier alpha value is -2.66. The van der Waals surface area contributed by atoms with E-state index < -0.39 is 6.04 Å². The van der Waals surface area contributed by atoms with Gasteiger partial charge in [0.1, 0.15) is 0 Å². The Labute approximate surface area is 135 Å². The maximum Gasteiger partial charge on any atom is 0.251 e. The number of aryl methyl sites for hydroxylation is 1. The maximum absolute atomic E-state index is 12.1. The molecule has 2 aromatic rings. The van der Waals surface area contributed by atoms with E-state index in [-0.39, 0.29) is 25.0 Å².